The maximum Gasteiger partial charge on any atom is 0.435 e. The van der Waals surface area contributed by atoms with Gasteiger partial charge in [-0.2, -0.15) is 18.3 Å². The summed E-state index contributed by atoms with van der Waals surface area (Å²) in [4.78, 5) is 0.0575. The van der Waals surface area contributed by atoms with Gasteiger partial charge in [0.1, 0.15) is 4.90 Å². The van der Waals surface area contributed by atoms with Crippen molar-refractivity contribution in [2.24, 2.45) is 0 Å². The van der Waals surface area contributed by atoms with Crippen molar-refractivity contribution in [2.75, 3.05) is 0 Å². The van der Waals surface area contributed by atoms with E-state index in [9.17, 15) is 26.7 Å². The van der Waals surface area contributed by atoms with E-state index in [-0.39, 0.29) is 28.1 Å². The maximum absolute atomic E-state index is 13.1. The van der Waals surface area contributed by atoms with Gasteiger partial charge in [0.15, 0.2) is 5.69 Å². The summed E-state index contributed by atoms with van der Waals surface area (Å²) in [5, 5.41) is 12.9. The number of aryl methyl sites for hydroxylation is 1. The number of nitrogens with one attached hydrogen (secondary N) is 1. The monoisotopic (exact) mass is 499 g/mol. The molecule has 176 valence electrons. The quantitative estimate of drug-likeness (QED) is 0.539. The van der Waals surface area contributed by atoms with E-state index >= 15 is 0 Å². The van der Waals surface area contributed by atoms with Gasteiger partial charge >= 0.3 is 6.18 Å². The van der Waals surface area contributed by atoms with Gasteiger partial charge in [0.05, 0.1) is 18.2 Å². The Hall–Kier alpha value is -2.40. The standard InChI is InChI=1S/C22H21ClF3N3O3S/c1-13-3-2-4-19(23)20(13)33(31,32)28-18-8-15-6-5-14(7-16(15)9-18)10-29-11-17(12-30)21(27-29)22(24,25)26/h2-7,11,18,28,30H,8-10,12H2,1H3/t18-/m0/s1. The van der Waals surface area contributed by atoms with Crippen molar-refractivity contribution < 1.29 is 26.7 Å². The van der Waals surface area contributed by atoms with E-state index in [1.165, 1.54) is 12.3 Å². The van der Waals surface area contributed by atoms with Crippen LogP contribution in [0.25, 0.3) is 0 Å². The van der Waals surface area contributed by atoms with E-state index in [2.05, 4.69) is 9.82 Å². The zero-order valence-electron chi connectivity index (χ0n) is 17.5. The smallest absolute Gasteiger partial charge is 0.392 e. The molecule has 0 bridgehead atoms. The van der Waals surface area contributed by atoms with E-state index in [1.54, 1.807) is 25.1 Å². The van der Waals surface area contributed by atoms with E-state index in [0.717, 1.165) is 21.4 Å². The molecule has 0 saturated carbocycles. The zero-order valence-corrected chi connectivity index (χ0v) is 19.1. The van der Waals surface area contributed by atoms with Gasteiger partial charge in [0, 0.05) is 17.8 Å². The lowest BCUT2D eigenvalue weighted by atomic mass is 10.1. The molecule has 2 N–H and O–H groups in total. The Kier molecular flexibility index (Phi) is 6.30. The van der Waals surface area contributed by atoms with Crippen molar-refractivity contribution in [3.63, 3.8) is 0 Å². The normalized spacial score (nSPS) is 16.2. The number of hydrogen-bond donors (Lipinski definition) is 2. The number of aromatic nitrogens is 2. The molecule has 11 heteroatoms. The number of sulfonamides is 1. The summed E-state index contributed by atoms with van der Waals surface area (Å²) < 4.78 is 68.9. The zero-order chi connectivity index (χ0) is 24.0. The first-order valence-corrected chi connectivity index (χ1v) is 12.0. The van der Waals surface area contributed by atoms with Crippen LogP contribution in [0.5, 0.6) is 0 Å². The molecule has 0 fully saturated rings. The molecule has 0 saturated heterocycles. The minimum absolute atomic E-state index is 0.0575. The molecular formula is C22H21ClF3N3O3S. The second kappa shape index (κ2) is 8.75. The summed E-state index contributed by atoms with van der Waals surface area (Å²) in [5.74, 6) is 0. The number of alkyl halides is 3. The van der Waals surface area contributed by atoms with Crippen molar-refractivity contribution in [1.29, 1.82) is 0 Å². The molecule has 4 rings (SSSR count). The van der Waals surface area contributed by atoms with Crippen molar-refractivity contribution >= 4 is 21.6 Å². The number of fused-ring (bicyclic) bond motifs is 1. The third-order valence-corrected chi connectivity index (χ3v) is 7.73. The Morgan fingerprint density at radius 3 is 2.58 bits per heavy atom. The lowest BCUT2D eigenvalue weighted by molar-refractivity contribution is -0.142. The molecule has 0 aliphatic heterocycles. The highest BCUT2D eigenvalue weighted by molar-refractivity contribution is 7.89. The molecule has 1 heterocycles. The van der Waals surface area contributed by atoms with Crippen LogP contribution in [-0.2, 0) is 42.2 Å². The Balaban J connectivity index is 1.50. The van der Waals surface area contributed by atoms with Crippen molar-refractivity contribution in [3.05, 3.63) is 81.1 Å². The van der Waals surface area contributed by atoms with Gasteiger partial charge in [-0.15, -0.1) is 0 Å². The predicted molar refractivity (Wildman–Crippen MR) is 116 cm³/mol. The van der Waals surface area contributed by atoms with Gasteiger partial charge in [-0.25, -0.2) is 13.1 Å². The second-order valence-corrected chi connectivity index (χ2v) is 10.1. The van der Waals surface area contributed by atoms with Gasteiger partial charge in [0.25, 0.3) is 0 Å². The van der Waals surface area contributed by atoms with Crippen LogP contribution in [0.4, 0.5) is 13.2 Å². The number of halogens is 4. The first kappa shape index (κ1) is 23.7. The Morgan fingerprint density at radius 1 is 1.21 bits per heavy atom. The van der Waals surface area contributed by atoms with Crippen LogP contribution in [0, 0.1) is 6.92 Å². The van der Waals surface area contributed by atoms with Crippen molar-refractivity contribution in [1.82, 2.24) is 14.5 Å². The first-order valence-electron chi connectivity index (χ1n) is 10.1. The van der Waals surface area contributed by atoms with Crippen LogP contribution in [0.2, 0.25) is 5.02 Å². The molecule has 33 heavy (non-hydrogen) atoms. The SMILES string of the molecule is Cc1cccc(Cl)c1S(=O)(=O)N[C@H]1Cc2ccc(Cn3cc(CO)c(C(F)(F)F)n3)cc2C1. The Morgan fingerprint density at radius 2 is 1.94 bits per heavy atom. The number of aliphatic hydroxyl groups is 1. The summed E-state index contributed by atoms with van der Waals surface area (Å²) in [6.45, 7) is 1.01. The highest BCUT2D eigenvalue weighted by Gasteiger charge is 2.37. The minimum Gasteiger partial charge on any atom is -0.392 e. The van der Waals surface area contributed by atoms with E-state index in [4.69, 9.17) is 11.6 Å². The molecule has 1 aliphatic carbocycles. The Bertz CT molecular complexity index is 1290. The van der Waals surface area contributed by atoms with Crippen LogP contribution >= 0.6 is 11.6 Å². The topological polar surface area (TPSA) is 84.2 Å². The highest BCUT2D eigenvalue weighted by Crippen LogP contribution is 2.31. The fourth-order valence-corrected chi connectivity index (χ4v) is 6.24. The first-order chi connectivity index (χ1) is 15.5. The van der Waals surface area contributed by atoms with E-state index in [0.29, 0.717) is 18.4 Å². The number of rotatable bonds is 6. The van der Waals surface area contributed by atoms with Crippen LogP contribution in [0.3, 0.4) is 0 Å². The summed E-state index contributed by atoms with van der Waals surface area (Å²) in [5.41, 5.74) is 1.77. The highest BCUT2D eigenvalue weighted by atomic mass is 35.5. The second-order valence-electron chi connectivity index (χ2n) is 8.07. The molecule has 0 radical (unpaired) electrons. The van der Waals surface area contributed by atoms with Crippen molar-refractivity contribution in [2.45, 2.75) is 50.0 Å². The number of benzene rings is 2. The number of aliphatic hydroxyl groups excluding tert-OH is 1. The van der Waals surface area contributed by atoms with Gasteiger partial charge < -0.3 is 5.11 Å². The lowest BCUT2D eigenvalue weighted by Gasteiger charge is -2.15. The minimum atomic E-state index is -4.65. The Labute approximate surface area is 194 Å². The lowest BCUT2D eigenvalue weighted by Crippen LogP contribution is -2.35. The molecule has 6 nitrogen and oxygen atoms in total. The third-order valence-electron chi connectivity index (χ3n) is 5.58. The molecule has 2 aromatic carbocycles. The fourth-order valence-electron chi connectivity index (χ4n) is 4.17. The summed E-state index contributed by atoms with van der Waals surface area (Å²) in [6, 6.07) is 10.0. The van der Waals surface area contributed by atoms with Crippen LogP contribution in [0.15, 0.2) is 47.5 Å². The molecule has 3 aromatic rings. The molecular weight excluding hydrogens is 479 g/mol. The molecule has 1 aromatic heterocycles. The molecule has 0 spiro atoms. The predicted octanol–water partition coefficient (Wildman–Crippen LogP) is 3.85. The van der Waals surface area contributed by atoms with Crippen LogP contribution < -0.4 is 4.72 Å². The van der Waals surface area contributed by atoms with E-state index in [1.807, 2.05) is 12.1 Å². The fraction of sp³-hybridized carbons (Fsp3) is 0.318. The van der Waals surface area contributed by atoms with Crippen LogP contribution in [0.1, 0.15) is 33.5 Å². The summed E-state index contributed by atoms with van der Waals surface area (Å²) >= 11 is 6.12. The maximum atomic E-state index is 13.1. The number of nitrogens with zero attached hydrogens (tertiary/aromatic N) is 2. The molecule has 1 aliphatic rings. The van der Waals surface area contributed by atoms with E-state index < -0.39 is 28.5 Å². The summed E-state index contributed by atoms with van der Waals surface area (Å²) in [6.07, 6.45) is -2.53. The molecule has 0 amide bonds. The van der Waals surface area contributed by atoms with Crippen LogP contribution in [-0.4, -0.2) is 29.3 Å². The average molecular weight is 500 g/mol. The molecule has 0 unspecified atom stereocenters. The van der Waals surface area contributed by atoms with Gasteiger partial charge in [-0.3, -0.25) is 4.68 Å². The number of hydrogen-bond acceptors (Lipinski definition) is 4. The van der Waals surface area contributed by atoms with Gasteiger partial charge in [-0.1, -0.05) is 41.9 Å². The average Bonchev–Trinajstić information content (AvgIpc) is 3.29. The van der Waals surface area contributed by atoms with Gasteiger partial charge in [0.2, 0.25) is 10.0 Å². The third kappa shape index (κ3) is 4.93. The summed E-state index contributed by atoms with van der Waals surface area (Å²) in [7, 11) is -3.83. The molecule has 1 atom stereocenters. The largest absolute Gasteiger partial charge is 0.435 e. The van der Waals surface area contributed by atoms with Crippen molar-refractivity contribution in [3.8, 4) is 0 Å². The van der Waals surface area contributed by atoms with Gasteiger partial charge in [-0.05, 0) is 48.1 Å².